The summed E-state index contributed by atoms with van der Waals surface area (Å²) in [4.78, 5) is 4.20. The van der Waals surface area contributed by atoms with Gasteiger partial charge in [-0.25, -0.2) is 0 Å². The Kier molecular flexibility index (Phi) is 4.11. The van der Waals surface area contributed by atoms with Gasteiger partial charge in [0.1, 0.15) is 0 Å². The highest BCUT2D eigenvalue weighted by Crippen LogP contribution is 2.36. The van der Waals surface area contributed by atoms with Crippen molar-refractivity contribution in [3.8, 4) is 0 Å². The summed E-state index contributed by atoms with van der Waals surface area (Å²) < 4.78 is 23.8. The van der Waals surface area contributed by atoms with Crippen molar-refractivity contribution < 1.29 is 13.5 Å². The molecule has 2 rings (SSSR count). The largest absolute Gasteiger partial charge is 0.495 e. The van der Waals surface area contributed by atoms with Crippen LogP contribution in [0.3, 0.4) is 0 Å². The number of aromatic nitrogens is 1. The Morgan fingerprint density at radius 2 is 1.75 bits per heavy atom. The van der Waals surface area contributed by atoms with Crippen molar-refractivity contribution in [3.63, 3.8) is 0 Å². The lowest BCUT2D eigenvalue weighted by Gasteiger charge is -2.32. The van der Waals surface area contributed by atoms with Gasteiger partial charge in [0, 0.05) is 35.2 Å². The van der Waals surface area contributed by atoms with Gasteiger partial charge in [-0.3, -0.25) is 9.19 Å². The van der Waals surface area contributed by atoms with Crippen molar-refractivity contribution in [2.24, 2.45) is 0 Å². The highest BCUT2D eigenvalue weighted by Gasteiger charge is 2.52. The molecular formula is C14H22BNO3S. The van der Waals surface area contributed by atoms with Gasteiger partial charge < -0.3 is 9.31 Å². The van der Waals surface area contributed by atoms with Crippen molar-refractivity contribution in [2.45, 2.75) is 51.6 Å². The lowest BCUT2D eigenvalue weighted by molar-refractivity contribution is 0.00578. The third-order valence-corrected chi connectivity index (χ3v) is 4.83. The van der Waals surface area contributed by atoms with E-state index in [-0.39, 0.29) is 11.2 Å². The molecule has 2 heterocycles. The monoisotopic (exact) mass is 295 g/mol. The second-order valence-electron chi connectivity index (χ2n) is 6.33. The summed E-state index contributed by atoms with van der Waals surface area (Å²) in [5, 5.41) is 0. The van der Waals surface area contributed by atoms with Crippen LogP contribution in [-0.4, -0.2) is 33.8 Å². The van der Waals surface area contributed by atoms with E-state index in [0.29, 0.717) is 5.75 Å². The van der Waals surface area contributed by atoms with E-state index >= 15 is 0 Å². The first-order valence-corrected chi connectivity index (χ1v) is 8.46. The van der Waals surface area contributed by atoms with Crippen molar-refractivity contribution in [3.05, 3.63) is 23.5 Å². The van der Waals surface area contributed by atoms with Gasteiger partial charge in [-0.2, -0.15) is 0 Å². The molecule has 0 aliphatic carbocycles. The number of pyridine rings is 1. The van der Waals surface area contributed by atoms with Crippen LogP contribution in [0.1, 0.15) is 38.8 Å². The summed E-state index contributed by atoms with van der Waals surface area (Å²) in [6, 6.07) is 0. The van der Waals surface area contributed by atoms with Gasteiger partial charge in [-0.1, -0.05) is 0 Å². The van der Waals surface area contributed by atoms with E-state index in [0.717, 1.165) is 16.6 Å². The molecule has 0 amide bonds. The summed E-state index contributed by atoms with van der Waals surface area (Å²) in [6.45, 7) is 10.1. The summed E-state index contributed by atoms with van der Waals surface area (Å²) in [6.07, 6.45) is 5.24. The third-order valence-electron chi connectivity index (χ3n) is 4.12. The molecule has 0 saturated carbocycles. The van der Waals surface area contributed by atoms with Crippen molar-refractivity contribution in [2.75, 3.05) is 6.26 Å². The van der Waals surface area contributed by atoms with E-state index in [9.17, 15) is 4.21 Å². The van der Waals surface area contributed by atoms with Crippen LogP contribution in [-0.2, 0) is 25.9 Å². The molecule has 1 aromatic heterocycles. The maximum atomic E-state index is 11.5. The minimum atomic E-state index is -0.925. The van der Waals surface area contributed by atoms with E-state index in [1.165, 1.54) is 0 Å². The molecule has 6 heteroatoms. The standard InChI is InChI=1S/C14H22BNO3S/c1-10-7-16-8-11(9-20(6)17)12(10)15-18-13(2,3)14(4,5)19-15/h7-8H,9H2,1-6H3. The Labute approximate surface area is 123 Å². The molecule has 0 aromatic carbocycles. The Hall–Kier alpha value is -0.715. The molecule has 1 atom stereocenters. The predicted octanol–water partition coefficient (Wildman–Crippen LogP) is 1.57. The van der Waals surface area contributed by atoms with Gasteiger partial charge in [0.25, 0.3) is 0 Å². The zero-order valence-corrected chi connectivity index (χ0v) is 13.8. The second kappa shape index (κ2) is 5.24. The molecule has 0 radical (unpaired) electrons. The number of nitrogens with zero attached hydrogens (tertiary/aromatic N) is 1. The van der Waals surface area contributed by atoms with Crippen LogP contribution in [0, 0.1) is 6.92 Å². The molecule has 110 valence electrons. The van der Waals surface area contributed by atoms with Crippen LogP contribution in [0.4, 0.5) is 0 Å². The maximum absolute atomic E-state index is 11.5. The van der Waals surface area contributed by atoms with Crippen LogP contribution >= 0.6 is 0 Å². The third kappa shape index (κ3) is 2.82. The topological polar surface area (TPSA) is 48.4 Å². The molecule has 20 heavy (non-hydrogen) atoms. The van der Waals surface area contributed by atoms with E-state index in [2.05, 4.69) is 4.98 Å². The molecule has 0 bridgehead atoms. The first-order valence-electron chi connectivity index (χ1n) is 6.73. The fraction of sp³-hybridized carbons (Fsp3) is 0.643. The second-order valence-corrected chi connectivity index (χ2v) is 7.77. The minimum Gasteiger partial charge on any atom is -0.399 e. The molecule has 1 unspecified atom stereocenters. The van der Waals surface area contributed by atoms with Gasteiger partial charge in [0.05, 0.1) is 11.2 Å². The van der Waals surface area contributed by atoms with E-state index < -0.39 is 17.9 Å². The average molecular weight is 295 g/mol. The van der Waals surface area contributed by atoms with Crippen LogP contribution in [0.15, 0.2) is 12.4 Å². The summed E-state index contributed by atoms with van der Waals surface area (Å²) >= 11 is 0. The number of hydrogen-bond acceptors (Lipinski definition) is 4. The van der Waals surface area contributed by atoms with E-state index in [1.54, 1.807) is 18.6 Å². The van der Waals surface area contributed by atoms with Crippen LogP contribution in [0.25, 0.3) is 0 Å². The summed E-state index contributed by atoms with van der Waals surface area (Å²) in [5.74, 6) is 0.466. The molecule has 0 N–H and O–H groups in total. The molecule has 0 spiro atoms. The van der Waals surface area contributed by atoms with Gasteiger partial charge in [-0.15, -0.1) is 0 Å². The number of hydrogen-bond donors (Lipinski definition) is 0. The molecule has 1 aromatic rings. The van der Waals surface area contributed by atoms with Crippen molar-refractivity contribution in [1.29, 1.82) is 0 Å². The van der Waals surface area contributed by atoms with Crippen LogP contribution in [0.2, 0.25) is 0 Å². The first-order chi connectivity index (χ1) is 9.14. The molecular weight excluding hydrogens is 273 g/mol. The summed E-state index contributed by atoms with van der Waals surface area (Å²) in [5.41, 5.74) is 2.15. The fourth-order valence-corrected chi connectivity index (χ4v) is 2.93. The minimum absolute atomic E-state index is 0.379. The zero-order valence-electron chi connectivity index (χ0n) is 13.0. The van der Waals surface area contributed by atoms with Gasteiger partial charge in [0.15, 0.2) is 0 Å². The van der Waals surface area contributed by atoms with E-state index in [4.69, 9.17) is 9.31 Å². The first kappa shape index (κ1) is 15.7. The SMILES string of the molecule is Cc1cncc(CS(C)=O)c1B1OC(C)(C)C(C)(C)O1. The van der Waals surface area contributed by atoms with Crippen molar-refractivity contribution in [1.82, 2.24) is 4.98 Å². The summed E-state index contributed by atoms with van der Waals surface area (Å²) in [7, 11) is -1.35. The number of aryl methyl sites for hydroxylation is 1. The van der Waals surface area contributed by atoms with Crippen molar-refractivity contribution >= 4 is 23.4 Å². The lowest BCUT2D eigenvalue weighted by Crippen LogP contribution is -2.41. The normalized spacial score (nSPS) is 22.0. The zero-order chi connectivity index (χ0) is 15.1. The quantitative estimate of drug-likeness (QED) is 0.794. The van der Waals surface area contributed by atoms with Gasteiger partial charge >= 0.3 is 7.12 Å². The molecule has 1 aliphatic rings. The van der Waals surface area contributed by atoms with Crippen LogP contribution < -0.4 is 5.46 Å². The number of rotatable bonds is 3. The molecule has 1 saturated heterocycles. The van der Waals surface area contributed by atoms with Gasteiger partial charge in [0.2, 0.25) is 0 Å². The Balaban J connectivity index is 2.41. The van der Waals surface area contributed by atoms with E-state index in [1.807, 2.05) is 34.6 Å². The lowest BCUT2D eigenvalue weighted by atomic mass is 9.74. The maximum Gasteiger partial charge on any atom is 0.495 e. The van der Waals surface area contributed by atoms with Gasteiger partial charge in [-0.05, 0) is 51.2 Å². The predicted molar refractivity (Wildman–Crippen MR) is 82.5 cm³/mol. The Morgan fingerprint density at radius 3 is 2.25 bits per heavy atom. The highest BCUT2D eigenvalue weighted by atomic mass is 32.2. The molecule has 1 aliphatic heterocycles. The fourth-order valence-electron chi connectivity index (χ4n) is 2.26. The Morgan fingerprint density at radius 1 is 1.20 bits per heavy atom. The molecule has 4 nitrogen and oxygen atoms in total. The Bertz CT molecular complexity index is 529. The van der Waals surface area contributed by atoms with Crippen LogP contribution in [0.5, 0.6) is 0 Å². The molecule has 1 fully saturated rings. The smallest absolute Gasteiger partial charge is 0.399 e. The average Bonchev–Trinajstić information content (AvgIpc) is 2.46. The highest BCUT2D eigenvalue weighted by molar-refractivity contribution is 7.83.